The average Bonchev–Trinajstić information content (AvgIpc) is 2.68. The van der Waals surface area contributed by atoms with Crippen LogP contribution < -0.4 is 5.32 Å². The van der Waals surface area contributed by atoms with Gasteiger partial charge in [0, 0.05) is 43.8 Å². The van der Waals surface area contributed by atoms with Gasteiger partial charge in [-0.15, -0.1) is 0 Å². The van der Waals surface area contributed by atoms with Gasteiger partial charge in [0.2, 0.25) is 0 Å². The van der Waals surface area contributed by atoms with Gasteiger partial charge in [0.05, 0.1) is 0 Å². The third-order valence-corrected chi connectivity index (χ3v) is 8.93. The van der Waals surface area contributed by atoms with Gasteiger partial charge in [-0.25, -0.2) is 0 Å². The molecule has 3 heteroatoms. The zero-order valence-corrected chi connectivity index (χ0v) is 21.5. The Hall–Kier alpha value is -0.120. The van der Waals surface area contributed by atoms with Gasteiger partial charge < -0.3 is 5.32 Å². The number of piperidine rings is 1. The lowest BCUT2D eigenvalue weighted by Gasteiger charge is -2.49. The first-order valence-electron chi connectivity index (χ1n) is 13.2. The van der Waals surface area contributed by atoms with E-state index in [0.29, 0.717) is 16.5 Å². The van der Waals surface area contributed by atoms with Crippen molar-refractivity contribution in [2.45, 2.75) is 111 Å². The number of nitrogens with zero attached hydrogens (tertiary/aromatic N) is 2. The normalized spacial score (nSPS) is 31.1. The lowest BCUT2D eigenvalue weighted by Crippen LogP contribution is -2.56. The summed E-state index contributed by atoms with van der Waals surface area (Å²) < 4.78 is 0. The van der Waals surface area contributed by atoms with Crippen LogP contribution in [0.3, 0.4) is 0 Å². The Labute approximate surface area is 188 Å². The van der Waals surface area contributed by atoms with E-state index in [2.05, 4.69) is 63.6 Å². The van der Waals surface area contributed by atoms with Crippen LogP contribution in [0.5, 0.6) is 0 Å². The predicted molar refractivity (Wildman–Crippen MR) is 131 cm³/mol. The lowest BCUT2D eigenvalue weighted by atomic mass is 9.67. The minimum atomic E-state index is 0.337. The molecule has 3 rings (SSSR count). The highest BCUT2D eigenvalue weighted by atomic mass is 15.2. The minimum absolute atomic E-state index is 0.337. The van der Waals surface area contributed by atoms with Crippen molar-refractivity contribution in [1.29, 1.82) is 0 Å². The number of piperazine rings is 1. The van der Waals surface area contributed by atoms with Crippen LogP contribution in [0.4, 0.5) is 0 Å². The standard InChI is InChI=1S/C27H53N3/c1-25(2,3)24-12-8-10-22(18-24)19-27(6,7)30-15-9-11-23(21-30)20-26(4,5)29-16-13-28-14-17-29/h22-24,28H,8-21H2,1-7H3. The van der Waals surface area contributed by atoms with Gasteiger partial charge >= 0.3 is 0 Å². The first-order chi connectivity index (χ1) is 14.0. The van der Waals surface area contributed by atoms with Crippen LogP contribution in [0.2, 0.25) is 0 Å². The van der Waals surface area contributed by atoms with E-state index in [-0.39, 0.29) is 0 Å². The molecule has 3 aliphatic rings. The largest absolute Gasteiger partial charge is 0.314 e. The van der Waals surface area contributed by atoms with Gasteiger partial charge in [-0.05, 0) is 95.9 Å². The zero-order valence-electron chi connectivity index (χ0n) is 21.5. The number of nitrogens with one attached hydrogen (secondary N) is 1. The molecule has 0 radical (unpaired) electrons. The number of hydrogen-bond donors (Lipinski definition) is 1. The molecule has 0 bridgehead atoms. The Kier molecular flexibility index (Phi) is 8.00. The van der Waals surface area contributed by atoms with Crippen molar-refractivity contribution in [1.82, 2.24) is 15.1 Å². The summed E-state index contributed by atoms with van der Waals surface area (Å²) in [5.41, 5.74) is 1.17. The minimum Gasteiger partial charge on any atom is -0.314 e. The molecule has 2 saturated heterocycles. The fourth-order valence-electron chi connectivity index (χ4n) is 6.99. The molecule has 0 amide bonds. The summed E-state index contributed by atoms with van der Waals surface area (Å²) in [5.74, 6) is 2.70. The molecule has 3 atom stereocenters. The van der Waals surface area contributed by atoms with Gasteiger partial charge in [-0.2, -0.15) is 0 Å². The molecular weight excluding hydrogens is 366 g/mol. The molecule has 3 unspecified atom stereocenters. The molecule has 0 aromatic rings. The fourth-order valence-corrected chi connectivity index (χ4v) is 6.99. The molecular formula is C27H53N3. The summed E-state index contributed by atoms with van der Waals surface area (Å²) in [4.78, 5) is 5.62. The van der Waals surface area contributed by atoms with Gasteiger partial charge in [0.25, 0.3) is 0 Å². The molecule has 1 N–H and O–H groups in total. The summed E-state index contributed by atoms with van der Waals surface area (Å²) in [6, 6.07) is 0. The van der Waals surface area contributed by atoms with Crippen molar-refractivity contribution in [2.24, 2.45) is 23.2 Å². The van der Waals surface area contributed by atoms with Crippen LogP contribution >= 0.6 is 0 Å². The van der Waals surface area contributed by atoms with E-state index >= 15 is 0 Å². The molecule has 3 fully saturated rings. The van der Waals surface area contributed by atoms with E-state index in [1.165, 1.54) is 77.5 Å². The third kappa shape index (κ3) is 6.45. The monoisotopic (exact) mass is 419 g/mol. The topological polar surface area (TPSA) is 18.5 Å². The van der Waals surface area contributed by atoms with E-state index in [1.54, 1.807) is 0 Å². The zero-order chi connectivity index (χ0) is 22.0. The average molecular weight is 420 g/mol. The molecule has 3 nitrogen and oxygen atoms in total. The van der Waals surface area contributed by atoms with Crippen LogP contribution in [0.1, 0.15) is 99.8 Å². The Morgan fingerprint density at radius 3 is 1.97 bits per heavy atom. The van der Waals surface area contributed by atoms with Crippen molar-refractivity contribution in [3.63, 3.8) is 0 Å². The molecule has 176 valence electrons. The fraction of sp³-hybridized carbons (Fsp3) is 1.00. The van der Waals surface area contributed by atoms with Crippen molar-refractivity contribution in [3.05, 3.63) is 0 Å². The molecule has 30 heavy (non-hydrogen) atoms. The Morgan fingerprint density at radius 2 is 1.30 bits per heavy atom. The number of likely N-dealkylation sites (tertiary alicyclic amines) is 1. The molecule has 2 aliphatic heterocycles. The van der Waals surface area contributed by atoms with Crippen LogP contribution in [0, 0.1) is 23.2 Å². The predicted octanol–water partition coefficient (Wildman–Crippen LogP) is 5.79. The van der Waals surface area contributed by atoms with E-state index in [4.69, 9.17) is 0 Å². The van der Waals surface area contributed by atoms with Crippen molar-refractivity contribution >= 4 is 0 Å². The lowest BCUT2D eigenvalue weighted by molar-refractivity contribution is 0.0120. The van der Waals surface area contributed by atoms with E-state index in [0.717, 1.165) is 30.8 Å². The maximum Gasteiger partial charge on any atom is 0.0157 e. The van der Waals surface area contributed by atoms with E-state index in [9.17, 15) is 0 Å². The quantitative estimate of drug-likeness (QED) is 0.587. The number of rotatable bonds is 6. The van der Waals surface area contributed by atoms with Crippen LogP contribution in [-0.4, -0.2) is 60.1 Å². The Balaban J connectivity index is 1.55. The summed E-state index contributed by atoms with van der Waals surface area (Å²) in [6.45, 7) is 24.8. The second-order valence-electron chi connectivity index (χ2n) is 13.3. The highest BCUT2D eigenvalue weighted by Crippen LogP contribution is 2.44. The smallest absolute Gasteiger partial charge is 0.0157 e. The summed E-state index contributed by atoms with van der Waals surface area (Å²) in [7, 11) is 0. The Bertz CT molecular complexity index is 527. The van der Waals surface area contributed by atoms with Crippen molar-refractivity contribution in [3.8, 4) is 0 Å². The van der Waals surface area contributed by atoms with Gasteiger partial charge in [0.15, 0.2) is 0 Å². The third-order valence-electron chi connectivity index (χ3n) is 8.93. The molecule has 0 aromatic heterocycles. The first-order valence-corrected chi connectivity index (χ1v) is 13.2. The molecule has 2 heterocycles. The second-order valence-corrected chi connectivity index (χ2v) is 13.3. The summed E-state index contributed by atoms with van der Waals surface area (Å²) >= 11 is 0. The van der Waals surface area contributed by atoms with Gasteiger partial charge in [-0.3, -0.25) is 9.80 Å². The second kappa shape index (κ2) is 9.79. The maximum absolute atomic E-state index is 3.52. The highest BCUT2D eigenvalue weighted by molar-refractivity contribution is 4.93. The van der Waals surface area contributed by atoms with Crippen molar-refractivity contribution in [2.75, 3.05) is 39.3 Å². The van der Waals surface area contributed by atoms with Crippen LogP contribution in [0.25, 0.3) is 0 Å². The molecule has 0 spiro atoms. The van der Waals surface area contributed by atoms with E-state index < -0.39 is 0 Å². The summed E-state index contributed by atoms with van der Waals surface area (Å²) in [5, 5.41) is 3.52. The SMILES string of the molecule is CC(C)(C)C1CCCC(CC(C)(C)N2CCCC(CC(C)(C)N3CCNCC3)C2)C1. The van der Waals surface area contributed by atoms with Crippen molar-refractivity contribution < 1.29 is 0 Å². The van der Waals surface area contributed by atoms with E-state index in [1.807, 2.05) is 0 Å². The maximum atomic E-state index is 3.52. The van der Waals surface area contributed by atoms with Gasteiger partial charge in [0.1, 0.15) is 0 Å². The summed E-state index contributed by atoms with van der Waals surface area (Å²) in [6.07, 6.45) is 11.4. The van der Waals surface area contributed by atoms with Crippen LogP contribution in [-0.2, 0) is 0 Å². The molecule has 1 saturated carbocycles. The Morgan fingerprint density at radius 1 is 0.700 bits per heavy atom. The van der Waals surface area contributed by atoms with Gasteiger partial charge in [-0.1, -0.05) is 33.6 Å². The first kappa shape index (κ1) is 24.5. The molecule has 0 aromatic carbocycles. The number of hydrogen-bond acceptors (Lipinski definition) is 3. The van der Waals surface area contributed by atoms with Crippen LogP contribution in [0.15, 0.2) is 0 Å². The highest BCUT2D eigenvalue weighted by Gasteiger charge is 2.38. The molecule has 1 aliphatic carbocycles.